The molecule has 0 bridgehead atoms. The zero-order chi connectivity index (χ0) is 18.4. The van der Waals surface area contributed by atoms with Crippen LogP contribution in [0.3, 0.4) is 0 Å². The number of carboxylic acids is 2. The lowest BCUT2D eigenvalue weighted by atomic mass is 10.5. The minimum absolute atomic E-state index is 0.0891. The van der Waals surface area contributed by atoms with Gasteiger partial charge >= 0.3 is 11.9 Å². The number of aliphatic carboxylic acids is 2. The van der Waals surface area contributed by atoms with Crippen molar-refractivity contribution in [3.8, 4) is 0 Å². The molecule has 0 amide bonds. The molecule has 0 aliphatic carbocycles. The smallest absolute Gasteiger partial charge is 0.304 e. The summed E-state index contributed by atoms with van der Waals surface area (Å²) >= 11 is 2.91. The number of rotatable bonds is 10. The van der Waals surface area contributed by atoms with Crippen molar-refractivity contribution >= 4 is 52.4 Å². The largest absolute Gasteiger partial charge is 0.481 e. The van der Waals surface area contributed by atoms with Crippen molar-refractivity contribution in [3.63, 3.8) is 0 Å². The summed E-state index contributed by atoms with van der Waals surface area (Å²) in [5.74, 6) is 1.94. The van der Waals surface area contributed by atoms with Crippen molar-refractivity contribution in [1.82, 2.24) is 19.5 Å². The minimum Gasteiger partial charge on any atom is -0.481 e. The van der Waals surface area contributed by atoms with Crippen LogP contribution in [-0.4, -0.2) is 53.2 Å². The Morgan fingerprint density at radius 1 is 1.04 bits per heavy atom. The highest BCUT2D eigenvalue weighted by molar-refractivity contribution is 7.98. The van der Waals surface area contributed by atoms with Gasteiger partial charge in [0.2, 0.25) is 0 Å². The molecule has 9 nitrogen and oxygen atoms in total. The van der Waals surface area contributed by atoms with E-state index in [9.17, 15) is 9.59 Å². The van der Waals surface area contributed by atoms with Gasteiger partial charge in [-0.15, -0.1) is 0 Å². The number of nitrogens with two attached hydrogens (primary N) is 1. The summed E-state index contributed by atoms with van der Waals surface area (Å²) in [5, 5.41) is 17.3. The summed E-state index contributed by atoms with van der Waals surface area (Å²) in [6.45, 7) is 0. The standard InChI is InChI=1S/C14H19N5O4S2/c1-19-9(7-25-5-3-11(22)23)18-12-13(15)16-8(17-14(12)19)6-24-4-2-10(20)21/h2-7H2,1H3,(H,20,21)(H,22,23)(H2,15,16,17). The topological polar surface area (TPSA) is 144 Å². The Hall–Kier alpha value is -2.01. The zero-order valence-electron chi connectivity index (χ0n) is 13.6. The Morgan fingerprint density at radius 3 is 2.24 bits per heavy atom. The molecule has 0 aliphatic heterocycles. The van der Waals surface area contributed by atoms with Gasteiger partial charge in [0.1, 0.15) is 11.6 Å². The highest BCUT2D eigenvalue weighted by Gasteiger charge is 2.14. The van der Waals surface area contributed by atoms with Crippen molar-refractivity contribution < 1.29 is 19.8 Å². The molecule has 0 atom stereocenters. The monoisotopic (exact) mass is 385 g/mol. The van der Waals surface area contributed by atoms with Crippen LogP contribution < -0.4 is 5.73 Å². The Kier molecular flexibility index (Phi) is 6.88. The molecule has 2 aromatic heterocycles. The van der Waals surface area contributed by atoms with E-state index in [-0.39, 0.29) is 18.7 Å². The lowest BCUT2D eigenvalue weighted by molar-refractivity contribution is -0.137. The van der Waals surface area contributed by atoms with Gasteiger partial charge in [-0.25, -0.2) is 15.0 Å². The molecule has 4 N–H and O–H groups in total. The fourth-order valence-corrected chi connectivity index (χ4v) is 3.69. The van der Waals surface area contributed by atoms with Crippen LogP contribution in [0.5, 0.6) is 0 Å². The number of carbonyl (C=O) groups is 2. The van der Waals surface area contributed by atoms with Crippen LogP contribution in [0.1, 0.15) is 24.5 Å². The molecule has 0 aromatic carbocycles. The molecule has 0 unspecified atom stereocenters. The average Bonchev–Trinajstić information content (AvgIpc) is 2.85. The highest BCUT2D eigenvalue weighted by atomic mass is 32.2. The van der Waals surface area contributed by atoms with Crippen LogP contribution in [0.4, 0.5) is 5.82 Å². The number of hydrogen-bond acceptors (Lipinski definition) is 8. The third kappa shape index (κ3) is 5.49. The van der Waals surface area contributed by atoms with E-state index >= 15 is 0 Å². The molecular formula is C14H19N5O4S2. The fourth-order valence-electron chi connectivity index (χ4n) is 2.01. The van der Waals surface area contributed by atoms with E-state index in [1.54, 1.807) is 0 Å². The summed E-state index contributed by atoms with van der Waals surface area (Å²) in [5.41, 5.74) is 7.12. The number of hydrogen-bond donors (Lipinski definition) is 3. The van der Waals surface area contributed by atoms with Crippen LogP contribution in [0.2, 0.25) is 0 Å². The Bertz CT molecular complexity index is 780. The summed E-state index contributed by atoms with van der Waals surface area (Å²) in [6.07, 6.45) is 0.195. The van der Waals surface area contributed by atoms with Crippen LogP contribution in [0.25, 0.3) is 11.2 Å². The number of thioether (sulfide) groups is 2. The molecule has 2 aromatic rings. The first kappa shape index (κ1) is 19.3. The summed E-state index contributed by atoms with van der Waals surface area (Å²) in [6, 6.07) is 0. The van der Waals surface area contributed by atoms with Gasteiger partial charge in [-0.2, -0.15) is 23.5 Å². The van der Waals surface area contributed by atoms with Gasteiger partial charge in [-0.1, -0.05) is 0 Å². The fraction of sp³-hybridized carbons (Fsp3) is 0.500. The molecule has 0 saturated heterocycles. The predicted molar refractivity (Wildman–Crippen MR) is 97.5 cm³/mol. The van der Waals surface area contributed by atoms with Gasteiger partial charge in [0, 0.05) is 18.6 Å². The zero-order valence-corrected chi connectivity index (χ0v) is 15.3. The van der Waals surface area contributed by atoms with Gasteiger partial charge in [0.15, 0.2) is 17.0 Å². The molecule has 11 heteroatoms. The molecule has 0 fully saturated rings. The molecule has 25 heavy (non-hydrogen) atoms. The molecule has 0 saturated carbocycles. The quantitative estimate of drug-likeness (QED) is 0.513. The molecule has 0 aliphatic rings. The SMILES string of the molecule is Cn1c(CSCCC(=O)O)nc2c(N)nc(CSCCC(=O)O)nc21. The first-order valence-electron chi connectivity index (χ1n) is 7.45. The van der Waals surface area contributed by atoms with Gasteiger partial charge in [0.05, 0.1) is 24.3 Å². The van der Waals surface area contributed by atoms with Crippen LogP contribution >= 0.6 is 23.5 Å². The number of anilines is 1. The van der Waals surface area contributed by atoms with Crippen LogP contribution in [0, 0.1) is 0 Å². The maximum Gasteiger partial charge on any atom is 0.304 e. The maximum absolute atomic E-state index is 10.5. The van der Waals surface area contributed by atoms with Crippen molar-refractivity contribution in [1.29, 1.82) is 0 Å². The van der Waals surface area contributed by atoms with E-state index in [0.29, 0.717) is 40.0 Å². The molecule has 0 radical (unpaired) electrons. The number of aryl methyl sites for hydroxylation is 1. The number of nitrogen functional groups attached to an aromatic ring is 1. The summed E-state index contributed by atoms with van der Waals surface area (Å²) in [4.78, 5) is 34.2. The number of aromatic nitrogens is 4. The van der Waals surface area contributed by atoms with E-state index in [0.717, 1.165) is 5.82 Å². The molecule has 2 rings (SSSR count). The highest BCUT2D eigenvalue weighted by Crippen LogP contribution is 2.22. The van der Waals surface area contributed by atoms with Crippen molar-refractivity contribution in [2.24, 2.45) is 7.05 Å². The maximum atomic E-state index is 10.5. The van der Waals surface area contributed by atoms with Crippen LogP contribution in [0.15, 0.2) is 0 Å². The second-order valence-electron chi connectivity index (χ2n) is 5.18. The van der Waals surface area contributed by atoms with Gasteiger partial charge in [-0.05, 0) is 0 Å². The number of carboxylic acid groups (broad SMARTS) is 2. The van der Waals surface area contributed by atoms with E-state index in [4.69, 9.17) is 15.9 Å². The van der Waals surface area contributed by atoms with Crippen molar-refractivity contribution in [2.45, 2.75) is 24.3 Å². The van der Waals surface area contributed by atoms with Gasteiger partial charge in [0.25, 0.3) is 0 Å². The number of nitrogens with zero attached hydrogens (tertiary/aromatic N) is 4. The van der Waals surface area contributed by atoms with Crippen molar-refractivity contribution in [2.75, 3.05) is 17.2 Å². The Morgan fingerprint density at radius 2 is 1.64 bits per heavy atom. The Labute approximate surface area is 152 Å². The van der Waals surface area contributed by atoms with E-state index in [1.165, 1.54) is 23.5 Å². The molecule has 2 heterocycles. The number of imidazole rings is 1. The first-order chi connectivity index (χ1) is 11.9. The third-order valence-corrected chi connectivity index (χ3v) is 5.18. The minimum atomic E-state index is -0.833. The second-order valence-corrected chi connectivity index (χ2v) is 7.39. The van der Waals surface area contributed by atoms with E-state index in [2.05, 4.69) is 15.0 Å². The first-order valence-corrected chi connectivity index (χ1v) is 9.76. The summed E-state index contributed by atoms with van der Waals surface area (Å²) in [7, 11) is 1.83. The molecule has 0 spiro atoms. The van der Waals surface area contributed by atoms with Gasteiger partial charge < -0.3 is 20.5 Å². The third-order valence-electron chi connectivity index (χ3n) is 3.27. The normalized spacial score (nSPS) is 11.1. The van der Waals surface area contributed by atoms with Crippen molar-refractivity contribution in [3.05, 3.63) is 11.6 Å². The predicted octanol–water partition coefficient (Wildman–Crippen LogP) is 1.36. The Balaban J connectivity index is 2.06. The second kappa shape index (κ2) is 8.90. The van der Waals surface area contributed by atoms with Crippen LogP contribution in [-0.2, 0) is 28.1 Å². The summed E-state index contributed by atoms with van der Waals surface area (Å²) < 4.78 is 1.83. The van der Waals surface area contributed by atoms with Gasteiger partial charge in [-0.3, -0.25) is 9.59 Å². The lowest BCUT2D eigenvalue weighted by Gasteiger charge is -2.03. The lowest BCUT2D eigenvalue weighted by Crippen LogP contribution is -2.03. The number of fused-ring (bicyclic) bond motifs is 1. The molecular weight excluding hydrogens is 366 g/mol. The molecule has 136 valence electrons. The van der Waals surface area contributed by atoms with E-state index in [1.807, 2.05) is 11.6 Å². The average molecular weight is 385 g/mol. The van der Waals surface area contributed by atoms with E-state index < -0.39 is 11.9 Å².